The number of carbonyl (C=O) groups is 1. The number of hydrogen-bond acceptors (Lipinski definition) is 5. The van der Waals surface area contributed by atoms with Crippen molar-refractivity contribution in [2.45, 2.75) is 12.6 Å². The van der Waals surface area contributed by atoms with E-state index in [9.17, 15) is 4.79 Å². The van der Waals surface area contributed by atoms with Gasteiger partial charge in [0.05, 0.1) is 26.4 Å². The van der Waals surface area contributed by atoms with Gasteiger partial charge in [-0.25, -0.2) is 0 Å². The van der Waals surface area contributed by atoms with E-state index in [4.69, 9.17) is 14.2 Å². The van der Waals surface area contributed by atoms with Gasteiger partial charge >= 0.3 is 0 Å². The quantitative estimate of drug-likeness (QED) is 0.537. The molecule has 172 valence electrons. The first kappa shape index (κ1) is 22.8. The van der Waals surface area contributed by atoms with Crippen LogP contribution in [-0.4, -0.2) is 50.8 Å². The van der Waals surface area contributed by atoms with Crippen LogP contribution in [0.4, 0.5) is 0 Å². The summed E-state index contributed by atoms with van der Waals surface area (Å²) in [7, 11) is 1.66. The second-order valence-corrected chi connectivity index (χ2v) is 7.95. The topological polar surface area (TPSA) is 60.0 Å². The third-order valence-electron chi connectivity index (χ3n) is 5.81. The van der Waals surface area contributed by atoms with Crippen molar-refractivity contribution in [3.8, 4) is 11.5 Å². The number of ether oxygens (including phenoxy) is 3. The van der Waals surface area contributed by atoms with Crippen molar-refractivity contribution in [3.05, 3.63) is 95.6 Å². The first-order valence-corrected chi connectivity index (χ1v) is 11.2. The van der Waals surface area contributed by atoms with Gasteiger partial charge in [0.1, 0.15) is 18.1 Å². The smallest absolute Gasteiger partial charge is 0.251 e. The number of nitrogens with one attached hydrogen (secondary N) is 1. The lowest BCUT2D eigenvalue weighted by atomic mass is 10.0. The van der Waals surface area contributed by atoms with Crippen LogP contribution in [0.15, 0.2) is 78.9 Å². The summed E-state index contributed by atoms with van der Waals surface area (Å²) >= 11 is 0. The minimum absolute atomic E-state index is 0.0669. The predicted molar refractivity (Wildman–Crippen MR) is 128 cm³/mol. The number of hydrogen-bond donors (Lipinski definition) is 1. The first-order valence-electron chi connectivity index (χ1n) is 11.2. The van der Waals surface area contributed by atoms with Crippen LogP contribution in [0.5, 0.6) is 11.5 Å². The third-order valence-corrected chi connectivity index (χ3v) is 5.81. The maximum absolute atomic E-state index is 12.8. The van der Waals surface area contributed by atoms with Gasteiger partial charge in [-0.1, -0.05) is 42.5 Å². The molecule has 3 aromatic rings. The summed E-state index contributed by atoms with van der Waals surface area (Å²) in [6.45, 7) is 4.07. The van der Waals surface area contributed by atoms with Gasteiger partial charge in [-0.15, -0.1) is 0 Å². The Bertz CT molecular complexity index is 1000. The molecule has 0 aliphatic carbocycles. The van der Waals surface area contributed by atoms with Crippen LogP contribution in [0.2, 0.25) is 0 Å². The van der Waals surface area contributed by atoms with E-state index in [1.165, 1.54) is 0 Å². The van der Waals surface area contributed by atoms with E-state index in [2.05, 4.69) is 22.3 Å². The van der Waals surface area contributed by atoms with E-state index < -0.39 is 0 Å². The molecule has 0 bridgehead atoms. The Morgan fingerprint density at radius 2 is 1.61 bits per heavy atom. The highest BCUT2D eigenvalue weighted by Crippen LogP contribution is 2.24. The number of methoxy groups -OCH3 is 1. The van der Waals surface area contributed by atoms with Crippen LogP contribution in [-0.2, 0) is 11.3 Å². The maximum Gasteiger partial charge on any atom is 0.251 e. The lowest BCUT2D eigenvalue weighted by Crippen LogP contribution is -2.43. The lowest BCUT2D eigenvalue weighted by molar-refractivity contribution is 0.0162. The zero-order valence-electron chi connectivity index (χ0n) is 18.9. The maximum atomic E-state index is 12.8. The molecule has 1 unspecified atom stereocenters. The van der Waals surface area contributed by atoms with E-state index in [0.29, 0.717) is 31.9 Å². The zero-order chi connectivity index (χ0) is 22.9. The second kappa shape index (κ2) is 11.5. The van der Waals surface area contributed by atoms with Crippen molar-refractivity contribution < 1.29 is 19.0 Å². The molecule has 6 nitrogen and oxygen atoms in total. The molecule has 0 spiro atoms. The Labute approximate surface area is 195 Å². The van der Waals surface area contributed by atoms with Gasteiger partial charge in [-0.05, 0) is 47.5 Å². The van der Waals surface area contributed by atoms with Crippen LogP contribution >= 0.6 is 0 Å². The Kier molecular flexibility index (Phi) is 7.95. The van der Waals surface area contributed by atoms with Gasteiger partial charge in [0.2, 0.25) is 0 Å². The molecule has 6 heteroatoms. The monoisotopic (exact) mass is 446 g/mol. The Morgan fingerprint density at radius 1 is 0.939 bits per heavy atom. The molecule has 1 atom stereocenters. The number of nitrogens with zero attached hydrogens (tertiary/aromatic N) is 1. The van der Waals surface area contributed by atoms with Crippen molar-refractivity contribution in [1.82, 2.24) is 10.2 Å². The summed E-state index contributed by atoms with van der Waals surface area (Å²) in [5.74, 6) is 1.45. The molecule has 4 rings (SSSR count). The van der Waals surface area contributed by atoms with Crippen LogP contribution in [0, 0.1) is 0 Å². The highest BCUT2D eigenvalue weighted by atomic mass is 16.5. The molecule has 1 saturated heterocycles. The molecule has 0 aromatic heterocycles. The highest BCUT2D eigenvalue weighted by Gasteiger charge is 2.23. The Hall–Kier alpha value is -3.35. The van der Waals surface area contributed by atoms with Gasteiger partial charge < -0.3 is 19.5 Å². The van der Waals surface area contributed by atoms with Crippen molar-refractivity contribution in [3.63, 3.8) is 0 Å². The molecule has 1 aliphatic rings. The average molecular weight is 447 g/mol. The molecule has 1 fully saturated rings. The van der Waals surface area contributed by atoms with Gasteiger partial charge in [-0.3, -0.25) is 9.69 Å². The molecular weight excluding hydrogens is 416 g/mol. The number of carbonyl (C=O) groups excluding carboxylic acids is 1. The fraction of sp³-hybridized carbons (Fsp3) is 0.296. The number of rotatable bonds is 9. The standard InChI is InChI=1S/C27H30N2O4/c1-31-24-11-7-22(8-12-24)26(29-15-17-32-18-16-29)19-28-27(30)23-9-13-25(14-10-23)33-20-21-5-3-2-4-6-21/h2-14,26H,15-20H2,1H3,(H,28,30). The molecule has 33 heavy (non-hydrogen) atoms. The summed E-state index contributed by atoms with van der Waals surface area (Å²) < 4.78 is 16.6. The van der Waals surface area contributed by atoms with Gasteiger partial charge in [0.15, 0.2) is 0 Å². The zero-order valence-corrected chi connectivity index (χ0v) is 18.9. The summed E-state index contributed by atoms with van der Waals surface area (Å²) in [5, 5.41) is 3.11. The summed E-state index contributed by atoms with van der Waals surface area (Å²) in [4.78, 5) is 15.2. The molecule has 0 saturated carbocycles. The Morgan fingerprint density at radius 3 is 2.27 bits per heavy atom. The van der Waals surface area contributed by atoms with Crippen LogP contribution < -0.4 is 14.8 Å². The largest absolute Gasteiger partial charge is 0.497 e. The van der Waals surface area contributed by atoms with E-state index in [0.717, 1.165) is 35.7 Å². The molecule has 0 radical (unpaired) electrons. The average Bonchev–Trinajstić information content (AvgIpc) is 2.89. The molecular formula is C27H30N2O4. The molecule has 1 heterocycles. The number of amides is 1. The summed E-state index contributed by atoms with van der Waals surface area (Å²) in [6, 6.07) is 25.4. The fourth-order valence-electron chi connectivity index (χ4n) is 3.91. The van der Waals surface area contributed by atoms with Crippen molar-refractivity contribution in [2.75, 3.05) is 40.0 Å². The number of morpholine rings is 1. The van der Waals surface area contributed by atoms with E-state index in [1.807, 2.05) is 54.6 Å². The minimum Gasteiger partial charge on any atom is -0.497 e. The van der Waals surface area contributed by atoms with Gasteiger partial charge in [0.25, 0.3) is 5.91 Å². The van der Waals surface area contributed by atoms with Crippen LogP contribution in [0.25, 0.3) is 0 Å². The Balaban J connectivity index is 1.37. The first-order chi connectivity index (χ1) is 16.2. The van der Waals surface area contributed by atoms with Crippen molar-refractivity contribution in [1.29, 1.82) is 0 Å². The summed E-state index contributed by atoms with van der Waals surface area (Å²) in [5.41, 5.74) is 2.85. The number of benzene rings is 3. The van der Waals surface area contributed by atoms with E-state index in [-0.39, 0.29) is 11.9 Å². The van der Waals surface area contributed by atoms with Crippen LogP contribution in [0.1, 0.15) is 27.5 Å². The molecule has 1 amide bonds. The van der Waals surface area contributed by atoms with Crippen molar-refractivity contribution >= 4 is 5.91 Å². The minimum atomic E-state index is -0.101. The molecule has 1 aliphatic heterocycles. The van der Waals surface area contributed by atoms with Gasteiger partial charge in [0, 0.05) is 25.2 Å². The normalized spacial score (nSPS) is 14.9. The van der Waals surface area contributed by atoms with Gasteiger partial charge in [-0.2, -0.15) is 0 Å². The second-order valence-electron chi connectivity index (χ2n) is 7.95. The molecule has 1 N–H and O–H groups in total. The lowest BCUT2D eigenvalue weighted by Gasteiger charge is -2.35. The fourth-order valence-corrected chi connectivity index (χ4v) is 3.91. The SMILES string of the molecule is COc1ccc(C(CNC(=O)c2ccc(OCc3ccccc3)cc2)N2CCOCC2)cc1. The highest BCUT2D eigenvalue weighted by molar-refractivity contribution is 5.94. The summed E-state index contributed by atoms with van der Waals surface area (Å²) in [6.07, 6.45) is 0. The predicted octanol–water partition coefficient (Wildman–Crippen LogP) is 4.08. The van der Waals surface area contributed by atoms with E-state index >= 15 is 0 Å². The van der Waals surface area contributed by atoms with E-state index in [1.54, 1.807) is 19.2 Å². The molecule has 3 aromatic carbocycles. The van der Waals surface area contributed by atoms with Crippen LogP contribution in [0.3, 0.4) is 0 Å². The third kappa shape index (κ3) is 6.34. The van der Waals surface area contributed by atoms with Crippen molar-refractivity contribution in [2.24, 2.45) is 0 Å².